The van der Waals surface area contributed by atoms with E-state index in [1.807, 2.05) is 14.0 Å². The van der Waals surface area contributed by atoms with Crippen LogP contribution in [0.4, 0.5) is 4.39 Å². The van der Waals surface area contributed by atoms with Crippen LogP contribution in [0.25, 0.3) is 0 Å². The van der Waals surface area contributed by atoms with Gasteiger partial charge in [-0.15, -0.1) is 24.0 Å². The summed E-state index contributed by atoms with van der Waals surface area (Å²) in [6, 6.07) is 4.95. The zero-order chi connectivity index (χ0) is 17.4. The summed E-state index contributed by atoms with van der Waals surface area (Å²) in [4.78, 5) is 6.73. The zero-order valence-electron chi connectivity index (χ0n) is 14.9. The number of aliphatic imine (C=N–C) groups is 1. The van der Waals surface area contributed by atoms with Gasteiger partial charge in [0, 0.05) is 43.4 Å². The molecule has 1 saturated heterocycles. The highest BCUT2D eigenvalue weighted by molar-refractivity contribution is 14.0. The van der Waals surface area contributed by atoms with Crippen molar-refractivity contribution in [2.24, 2.45) is 10.9 Å². The fraction of sp³-hybridized carbons (Fsp3) is 0.611. The van der Waals surface area contributed by atoms with Crippen molar-refractivity contribution < 1.29 is 9.13 Å². The molecule has 0 bridgehead atoms. The molecule has 1 aromatic rings. The lowest BCUT2D eigenvalue weighted by Crippen LogP contribution is -2.40. The van der Waals surface area contributed by atoms with Crippen molar-refractivity contribution in [3.8, 4) is 0 Å². The maximum Gasteiger partial charge on any atom is 0.193 e. The molecular formula is C18H28BrFIN3O. The van der Waals surface area contributed by atoms with E-state index in [2.05, 4.69) is 31.1 Å². The fourth-order valence-electron chi connectivity index (χ4n) is 2.81. The van der Waals surface area contributed by atoms with E-state index in [4.69, 9.17) is 4.74 Å². The first-order chi connectivity index (χ1) is 11.6. The Labute approximate surface area is 175 Å². The van der Waals surface area contributed by atoms with Gasteiger partial charge in [0.1, 0.15) is 5.82 Å². The predicted molar refractivity (Wildman–Crippen MR) is 115 cm³/mol. The number of nitrogens with one attached hydrogen (secondary N) is 1. The van der Waals surface area contributed by atoms with Gasteiger partial charge in [-0.1, -0.05) is 15.9 Å². The van der Waals surface area contributed by atoms with Crippen LogP contribution < -0.4 is 5.32 Å². The molecule has 0 spiro atoms. The second-order valence-electron chi connectivity index (χ2n) is 6.17. The van der Waals surface area contributed by atoms with Gasteiger partial charge in [0.15, 0.2) is 5.96 Å². The molecule has 1 fully saturated rings. The molecule has 1 aliphatic heterocycles. The molecule has 0 aromatic heterocycles. The van der Waals surface area contributed by atoms with Crippen molar-refractivity contribution in [1.82, 2.24) is 10.2 Å². The minimum absolute atomic E-state index is 0. The Morgan fingerprint density at radius 1 is 1.40 bits per heavy atom. The second-order valence-corrected chi connectivity index (χ2v) is 7.09. The Balaban J connectivity index is 0.00000312. The monoisotopic (exact) mass is 527 g/mol. The first-order valence-electron chi connectivity index (χ1n) is 8.61. The van der Waals surface area contributed by atoms with E-state index in [0.29, 0.717) is 12.1 Å². The van der Waals surface area contributed by atoms with Crippen LogP contribution in [0.1, 0.15) is 31.7 Å². The van der Waals surface area contributed by atoms with Crippen molar-refractivity contribution in [1.29, 1.82) is 0 Å². The number of guanidine groups is 1. The summed E-state index contributed by atoms with van der Waals surface area (Å²) in [5.41, 5.74) is 0.595. The van der Waals surface area contributed by atoms with Crippen LogP contribution in [0.5, 0.6) is 0 Å². The summed E-state index contributed by atoms with van der Waals surface area (Å²) in [5, 5.41) is 3.29. The molecule has 0 saturated carbocycles. The molecule has 0 radical (unpaired) electrons. The van der Waals surface area contributed by atoms with E-state index >= 15 is 0 Å². The summed E-state index contributed by atoms with van der Waals surface area (Å²) in [6.45, 7) is 5.87. The highest BCUT2D eigenvalue weighted by Crippen LogP contribution is 2.19. The van der Waals surface area contributed by atoms with E-state index in [0.717, 1.165) is 61.9 Å². The largest absolute Gasteiger partial charge is 0.381 e. The van der Waals surface area contributed by atoms with Crippen molar-refractivity contribution in [3.05, 3.63) is 34.1 Å². The zero-order valence-corrected chi connectivity index (χ0v) is 18.8. The van der Waals surface area contributed by atoms with Crippen LogP contribution in [0.15, 0.2) is 27.7 Å². The van der Waals surface area contributed by atoms with Gasteiger partial charge in [0.05, 0.1) is 6.54 Å². The van der Waals surface area contributed by atoms with E-state index < -0.39 is 0 Å². The van der Waals surface area contributed by atoms with Crippen LogP contribution in [0.2, 0.25) is 0 Å². The summed E-state index contributed by atoms with van der Waals surface area (Å²) >= 11 is 3.38. The third kappa shape index (κ3) is 7.78. The van der Waals surface area contributed by atoms with Gasteiger partial charge in [-0.3, -0.25) is 0 Å². The summed E-state index contributed by atoms with van der Waals surface area (Å²) < 4.78 is 20.1. The molecule has 2 rings (SSSR count). The van der Waals surface area contributed by atoms with E-state index in [-0.39, 0.29) is 29.8 Å². The van der Waals surface area contributed by atoms with Gasteiger partial charge in [-0.05, 0) is 50.3 Å². The molecular weight excluding hydrogens is 500 g/mol. The van der Waals surface area contributed by atoms with Gasteiger partial charge in [0.25, 0.3) is 0 Å². The average molecular weight is 528 g/mol. The van der Waals surface area contributed by atoms with Gasteiger partial charge < -0.3 is 15.0 Å². The number of benzene rings is 1. The summed E-state index contributed by atoms with van der Waals surface area (Å²) in [7, 11) is 2.04. The van der Waals surface area contributed by atoms with Gasteiger partial charge in [-0.25, -0.2) is 9.38 Å². The number of nitrogens with zero attached hydrogens (tertiary/aromatic N) is 2. The Hall–Kier alpha value is -0.410. The molecule has 1 N–H and O–H groups in total. The topological polar surface area (TPSA) is 36.9 Å². The van der Waals surface area contributed by atoms with Gasteiger partial charge in [0.2, 0.25) is 0 Å². The standard InChI is InChI=1S/C18H27BrFN3O.HI/c1-3-21-18(22-13-15-12-16(19)4-5-17(15)20)23(2)9-6-14-7-10-24-11-8-14;/h4-5,12,14H,3,6-11,13H2,1-2H3,(H,21,22);1H. The van der Waals surface area contributed by atoms with Crippen LogP contribution in [-0.2, 0) is 11.3 Å². The quantitative estimate of drug-likeness (QED) is 0.338. The van der Waals surface area contributed by atoms with Gasteiger partial charge >= 0.3 is 0 Å². The smallest absolute Gasteiger partial charge is 0.193 e. The SMILES string of the molecule is CCNC(=NCc1cc(Br)ccc1F)N(C)CCC1CCOCC1.I. The van der Waals surface area contributed by atoms with Crippen molar-refractivity contribution in [3.63, 3.8) is 0 Å². The maximum atomic E-state index is 13.9. The molecule has 0 atom stereocenters. The van der Waals surface area contributed by atoms with Crippen molar-refractivity contribution in [2.45, 2.75) is 32.7 Å². The molecule has 1 aromatic carbocycles. The molecule has 0 amide bonds. The number of hydrogen-bond acceptors (Lipinski definition) is 2. The number of ether oxygens (including phenoxy) is 1. The highest BCUT2D eigenvalue weighted by atomic mass is 127. The Kier molecular flexibility index (Phi) is 10.9. The van der Waals surface area contributed by atoms with Crippen molar-refractivity contribution >= 4 is 45.9 Å². The van der Waals surface area contributed by atoms with E-state index in [1.54, 1.807) is 12.1 Å². The normalized spacial score (nSPS) is 15.6. The number of halogens is 3. The highest BCUT2D eigenvalue weighted by Gasteiger charge is 2.15. The Morgan fingerprint density at radius 3 is 2.80 bits per heavy atom. The third-order valence-electron chi connectivity index (χ3n) is 4.32. The molecule has 1 aliphatic rings. The lowest BCUT2D eigenvalue weighted by Gasteiger charge is -2.26. The average Bonchev–Trinajstić information content (AvgIpc) is 2.60. The Morgan fingerprint density at radius 2 is 2.12 bits per heavy atom. The summed E-state index contributed by atoms with van der Waals surface area (Å²) in [5.74, 6) is 1.33. The van der Waals surface area contributed by atoms with Crippen LogP contribution in [0, 0.1) is 11.7 Å². The molecule has 0 unspecified atom stereocenters. The third-order valence-corrected chi connectivity index (χ3v) is 4.81. The number of rotatable bonds is 6. The van der Waals surface area contributed by atoms with Crippen LogP contribution in [0.3, 0.4) is 0 Å². The van der Waals surface area contributed by atoms with E-state index in [1.165, 1.54) is 6.07 Å². The lowest BCUT2D eigenvalue weighted by molar-refractivity contribution is 0.0625. The minimum Gasteiger partial charge on any atom is -0.381 e. The fourth-order valence-corrected chi connectivity index (χ4v) is 3.22. The second kappa shape index (κ2) is 12.1. The molecule has 25 heavy (non-hydrogen) atoms. The van der Waals surface area contributed by atoms with E-state index in [9.17, 15) is 4.39 Å². The molecule has 0 aliphatic carbocycles. The first kappa shape index (κ1) is 22.6. The first-order valence-corrected chi connectivity index (χ1v) is 9.40. The van der Waals surface area contributed by atoms with Crippen molar-refractivity contribution in [2.75, 3.05) is 33.4 Å². The summed E-state index contributed by atoms with van der Waals surface area (Å²) in [6.07, 6.45) is 3.42. The minimum atomic E-state index is -0.220. The van der Waals surface area contributed by atoms with Gasteiger partial charge in [-0.2, -0.15) is 0 Å². The molecule has 1 heterocycles. The molecule has 7 heteroatoms. The number of hydrogen-bond donors (Lipinski definition) is 1. The maximum absolute atomic E-state index is 13.9. The molecule has 4 nitrogen and oxygen atoms in total. The molecule has 142 valence electrons. The van der Waals surface area contributed by atoms with Crippen LogP contribution in [-0.4, -0.2) is 44.2 Å². The van der Waals surface area contributed by atoms with Crippen LogP contribution >= 0.6 is 39.9 Å². The lowest BCUT2D eigenvalue weighted by atomic mass is 9.96. The Bertz CT molecular complexity index is 553. The predicted octanol–water partition coefficient (Wildman–Crippen LogP) is 4.42.